The number of aliphatic hydroxyl groups excluding tert-OH is 1. The first-order valence-corrected chi connectivity index (χ1v) is 13.2. The van der Waals surface area contributed by atoms with Crippen molar-refractivity contribution in [3.8, 4) is 11.1 Å². The molecule has 0 spiro atoms. The molecular weight excluding hydrogens is 448 g/mol. The number of alkyl halides is 2. The van der Waals surface area contributed by atoms with E-state index in [1.807, 2.05) is 10.6 Å². The molecule has 33 heavy (non-hydrogen) atoms. The van der Waals surface area contributed by atoms with Gasteiger partial charge in [0.05, 0.1) is 17.8 Å². The molecule has 10 heteroatoms. The van der Waals surface area contributed by atoms with Gasteiger partial charge in [0.1, 0.15) is 5.03 Å². The normalized spacial score (nSPS) is 21.8. The summed E-state index contributed by atoms with van der Waals surface area (Å²) in [5.41, 5.74) is 3.47. The van der Waals surface area contributed by atoms with Crippen molar-refractivity contribution < 1.29 is 18.1 Å². The quantitative estimate of drug-likeness (QED) is 0.501. The van der Waals surface area contributed by atoms with Crippen molar-refractivity contribution in [2.24, 2.45) is 0 Å². The van der Waals surface area contributed by atoms with Gasteiger partial charge in [-0.2, -0.15) is 0 Å². The second kappa shape index (κ2) is 9.34. The summed E-state index contributed by atoms with van der Waals surface area (Å²) in [4.78, 5) is 8.71. The van der Waals surface area contributed by atoms with Gasteiger partial charge >= 0.3 is 0 Å². The van der Waals surface area contributed by atoms with Gasteiger partial charge in [0.25, 0.3) is 0 Å². The predicted octanol–water partition coefficient (Wildman–Crippen LogP) is 3.97. The Morgan fingerprint density at radius 3 is 2.58 bits per heavy atom. The van der Waals surface area contributed by atoms with Crippen LogP contribution < -0.4 is 5.32 Å². The Balaban J connectivity index is 1.75. The summed E-state index contributed by atoms with van der Waals surface area (Å²) in [6.45, 7) is 1.67. The lowest BCUT2D eigenvalue weighted by atomic mass is 9.85. The highest BCUT2D eigenvalue weighted by molar-refractivity contribution is 7.99. The third-order valence-corrected chi connectivity index (χ3v) is 7.18. The van der Waals surface area contributed by atoms with Gasteiger partial charge in [0.2, 0.25) is 12.4 Å². The van der Waals surface area contributed by atoms with Gasteiger partial charge in [-0.3, -0.25) is 4.21 Å². The number of nitrogens with one attached hydrogen (secondary N) is 1. The number of halogens is 2. The Morgan fingerprint density at radius 2 is 1.97 bits per heavy atom. The third-order valence-electron chi connectivity index (χ3n) is 6.06. The second-order valence-corrected chi connectivity index (χ2v) is 11.4. The lowest BCUT2D eigenvalue weighted by Crippen LogP contribution is -2.21. The Kier molecular flexibility index (Phi) is 6.67. The van der Waals surface area contributed by atoms with E-state index in [9.17, 15) is 18.1 Å². The van der Waals surface area contributed by atoms with Gasteiger partial charge in [-0.05, 0) is 50.6 Å². The van der Waals surface area contributed by atoms with Gasteiger partial charge in [-0.25, -0.2) is 23.3 Å². The number of hydrogen-bond acceptors (Lipinski definition) is 6. The molecule has 4 rings (SSSR count). The van der Waals surface area contributed by atoms with Crippen molar-refractivity contribution in [3.05, 3.63) is 36.3 Å². The maximum absolute atomic E-state index is 12.7. The van der Waals surface area contributed by atoms with Crippen molar-refractivity contribution in [2.45, 2.75) is 68.5 Å². The van der Waals surface area contributed by atoms with Crippen LogP contribution >= 0.6 is 0 Å². The monoisotopic (exact) mass is 477 g/mol. The fourth-order valence-corrected chi connectivity index (χ4v) is 4.95. The summed E-state index contributed by atoms with van der Waals surface area (Å²) < 4.78 is 39.5. The summed E-state index contributed by atoms with van der Waals surface area (Å²) in [6.07, 6.45) is 5.02. The number of pyridine rings is 1. The molecule has 0 radical (unpaired) electrons. The number of hydrogen-bond donors (Lipinski definition) is 2. The largest absolute Gasteiger partial charge is 0.393 e. The molecule has 1 saturated carbocycles. The molecule has 1 fully saturated rings. The van der Waals surface area contributed by atoms with Gasteiger partial charge in [-0.1, -0.05) is 6.07 Å². The lowest BCUT2D eigenvalue weighted by Gasteiger charge is -2.25. The van der Waals surface area contributed by atoms with E-state index in [2.05, 4.69) is 32.3 Å². The molecule has 1 aliphatic rings. The molecule has 3 heterocycles. The molecule has 0 bridgehead atoms. The molecule has 0 aliphatic heterocycles. The Morgan fingerprint density at radius 1 is 1.24 bits per heavy atom. The summed E-state index contributed by atoms with van der Waals surface area (Å²) in [5.74, 6) is 4.17. The zero-order valence-electron chi connectivity index (χ0n) is 18.7. The first-order valence-electron chi connectivity index (χ1n) is 11.0. The molecule has 0 aromatic carbocycles. The Bertz CT molecular complexity index is 1220. The molecule has 7 nitrogen and oxygen atoms in total. The van der Waals surface area contributed by atoms with E-state index in [-0.39, 0.29) is 24.4 Å². The molecule has 0 amide bonds. The SMILES string of the molecule is C=S(C)(=O)c1ccc(-c2cc(C3CCC(O)CC3)n3nc(N[C@@H](C)CC(F)F)ncc23)cn1. The smallest absolute Gasteiger partial charge is 0.241 e. The second-order valence-electron chi connectivity index (χ2n) is 8.93. The van der Waals surface area contributed by atoms with E-state index >= 15 is 0 Å². The average Bonchev–Trinajstić information content (AvgIpc) is 3.12. The molecule has 178 valence electrons. The number of anilines is 1. The van der Waals surface area contributed by atoms with Gasteiger partial charge in [0.15, 0.2) is 0 Å². The first-order chi connectivity index (χ1) is 15.6. The van der Waals surface area contributed by atoms with Crippen molar-refractivity contribution >= 4 is 26.9 Å². The molecule has 1 unspecified atom stereocenters. The minimum Gasteiger partial charge on any atom is -0.393 e. The van der Waals surface area contributed by atoms with E-state index in [1.54, 1.807) is 31.6 Å². The number of aromatic nitrogens is 4. The highest BCUT2D eigenvalue weighted by Gasteiger charge is 2.26. The molecule has 2 N–H and O–H groups in total. The zero-order valence-corrected chi connectivity index (χ0v) is 19.6. The summed E-state index contributed by atoms with van der Waals surface area (Å²) in [5, 5.41) is 18.0. The number of fused-ring (bicyclic) bond motifs is 1. The highest BCUT2D eigenvalue weighted by atomic mass is 32.2. The Hall–Kier alpha value is -2.59. The predicted molar refractivity (Wildman–Crippen MR) is 127 cm³/mol. The molecule has 3 aromatic heterocycles. The highest BCUT2D eigenvalue weighted by Crippen LogP contribution is 2.37. The first kappa shape index (κ1) is 23.6. The van der Waals surface area contributed by atoms with Crippen LogP contribution in [0.3, 0.4) is 0 Å². The van der Waals surface area contributed by atoms with Crippen LogP contribution in [0, 0.1) is 0 Å². The Labute approximate surface area is 192 Å². The van der Waals surface area contributed by atoms with Crippen molar-refractivity contribution in [3.63, 3.8) is 0 Å². The van der Waals surface area contributed by atoms with Crippen molar-refractivity contribution in [1.82, 2.24) is 19.6 Å². The van der Waals surface area contributed by atoms with Crippen LogP contribution in [0.2, 0.25) is 0 Å². The van der Waals surface area contributed by atoms with Gasteiger partial charge < -0.3 is 10.4 Å². The van der Waals surface area contributed by atoms with Gasteiger partial charge in [-0.15, -0.1) is 5.10 Å². The van der Waals surface area contributed by atoms with E-state index in [0.29, 0.717) is 5.03 Å². The van der Waals surface area contributed by atoms with Crippen LogP contribution in [-0.2, 0) is 9.52 Å². The maximum atomic E-state index is 12.7. The maximum Gasteiger partial charge on any atom is 0.241 e. The molecular formula is C23H29F2N5O2S. The van der Waals surface area contributed by atoms with E-state index in [4.69, 9.17) is 0 Å². The summed E-state index contributed by atoms with van der Waals surface area (Å²) >= 11 is 0. The van der Waals surface area contributed by atoms with Crippen molar-refractivity contribution in [1.29, 1.82) is 0 Å². The van der Waals surface area contributed by atoms with Gasteiger partial charge in [0, 0.05) is 57.2 Å². The minimum atomic E-state index is -2.41. The van der Waals surface area contributed by atoms with Crippen LogP contribution in [0.4, 0.5) is 14.7 Å². The standard InChI is InChI=1S/C23H29F2N5O2S/c1-14(10-21(24)25)28-23-27-13-20-18(16-6-9-22(26-12-16)33(2,3)32)11-19(30(20)29-23)15-4-7-17(31)8-5-15/h6,9,11-15,17,21,31H,2,4-5,7-8,10H2,1,3H3,(H,28,29)/t14-,15?,17?,33?/m0/s1. The molecule has 0 saturated heterocycles. The topological polar surface area (TPSA) is 92.4 Å². The lowest BCUT2D eigenvalue weighted by molar-refractivity contribution is 0.121. The molecule has 1 aliphatic carbocycles. The van der Waals surface area contributed by atoms with Crippen LogP contribution in [0.1, 0.15) is 50.6 Å². The van der Waals surface area contributed by atoms with E-state index in [0.717, 1.165) is 48.0 Å². The van der Waals surface area contributed by atoms with Crippen LogP contribution in [0.15, 0.2) is 35.6 Å². The average molecular weight is 478 g/mol. The fraction of sp³-hybridized carbons (Fsp3) is 0.478. The zero-order chi connectivity index (χ0) is 23.8. The summed E-state index contributed by atoms with van der Waals surface area (Å²) in [7, 11) is -2.41. The van der Waals surface area contributed by atoms with E-state index < -0.39 is 22.0 Å². The number of nitrogens with zero attached hydrogens (tertiary/aromatic N) is 4. The number of aliphatic hydroxyl groups is 1. The van der Waals surface area contributed by atoms with Crippen LogP contribution in [0.25, 0.3) is 16.6 Å². The van der Waals surface area contributed by atoms with Crippen LogP contribution in [0.5, 0.6) is 0 Å². The van der Waals surface area contributed by atoms with Crippen molar-refractivity contribution in [2.75, 3.05) is 11.6 Å². The fourth-order valence-electron chi connectivity index (χ4n) is 4.32. The minimum absolute atomic E-state index is 0.206. The molecule has 2 atom stereocenters. The van der Waals surface area contributed by atoms with E-state index in [1.165, 1.54) is 0 Å². The van der Waals surface area contributed by atoms with Crippen LogP contribution in [-0.4, -0.2) is 59.6 Å². The molecule has 3 aromatic rings. The third kappa shape index (κ3) is 5.33. The summed E-state index contributed by atoms with van der Waals surface area (Å²) in [6, 6.07) is 5.15. The number of rotatable bonds is 7.